The van der Waals surface area contributed by atoms with E-state index in [0.29, 0.717) is 5.75 Å². The Labute approximate surface area is 168 Å². The number of esters is 1. The van der Waals surface area contributed by atoms with Gasteiger partial charge in [-0.3, -0.25) is 4.79 Å². The van der Waals surface area contributed by atoms with Crippen LogP contribution in [-0.4, -0.2) is 5.97 Å². The van der Waals surface area contributed by atoms with Crippen LogP contribution in [0.3, 0.4) is 0 Å². The van der Waals surface area contributed by atoms with Crippen LogP contribution in [0.15, 0.2) is 66.7 Å². The molecule has 5 heteroatoms. The van der Waals surface area contributed by atoms with Crippen LogP contribution in [0, 0.1) is 6.92 Å². The SMILES string of the molecule is CC(=O)Oc1ccc(CCc2cccc(-c3ccc(C(F)(F)F)cc3)c2)cc1C. The van der Waals surface area contributed by atoms with Crippen molar-refractivity contribution in [2.45, 2.75) is 32.9 Å². The normalized spacial score (nSPS) is 11.3. The van der Waals surface area contributed by atoms with Crippen LogP contribution in [0.5, 0.6) is 5.75 Å². The molecule has 3 rings (SSSR count). The van der Waals surface area contributed by atoms with Gasteiger partial charge in [0, 0.05) is 6.92 Å². The number of hydrogen-bond acceptors (Lipinski definition) is 2. The lowest BCUT2D eigenvalue weighted by Gasteiger charge is -2.10. The van der Waals surface area contributed by atoms with E-state index in [0.717, 1.165) is 52.8 Å². The summed E-state index contributed by atoms with van der Waals surface area (Å²) < 4.78 is 43.4. The molecular weight excluding hydrogens is 377 g/mol. The van der Waals surface area contributed by atoms with E-state index >= 15 is 0 Å². The predicted molar refractivity (Wildman–Crippen MR) is 107 cm³/mol. The number of aryl methyl sites for hydroxylation is 3. The van der Waals surface area contributed by atoms with Gasteiger partial charge in [0.1, 0.15) is 5.75 Å². The first kappa shape index (κ1) is 20.6. The molecule has 0 atom stereocenters. The van der Waals surface area contributed by atoms with E-state index in [9.17, 15) is 18.0 Å². The molecule has 0 N–H and O–H groups in total. The second kappa shape index (κ2) is 8.52. The maximum Gasteiger partial charge on any atom is 0.416 e. The Morgan fingerprint density at radius 2 is 1.52 bits per heavy atom. The summed E-state index contributed by atoms with van der Waals surface area (Å²) in [6.07, 6.45) is -2.73. The van der Waals surface area contributed by atoms with Crippen LogP contribution in [0.2, 0.25) is 0 Å². The Hall–Kier alpha value is -3.08. The number of benzene rings is 3. The van der Waals surface area contributed by atoms with Gasteiger partial charge in [-0.1, -0.05) is 48.5 Å². The van der Waals surface area contributed by atoms with Crippen LogP contribution in [0.4, 0.5) is 13.2 Å². The Bertz CT molecular complexity index is 1010. The molecule has 0 saturated carbocycles. The van der Waals surface area contributed by atoms with Gasteiger partial charge >= 0.3 is 12.1 Å². The molecule has 150 valence electrons. The maximum absolute atomic E-state index is 12.7. The monoisotopic (exact) mass is 398 g/mol. The van der Waals surface area contributed by atoms with Gasteiger partial charge in [-0.05, 0) is 65.8 Å². The summed E-state index contributed by atoms with van der Waals surface area (Å²) in [5.41, 5.74) is 4.11. The number of halogens is 3. The van der Waals surface area contributed by atoms with Gasteiger partial charge in [0.15, 0.2) is 0 Å². The maximum atomic E-state index is 12.7. The van der Waals surface area contributed by atoms with E-state index < -0.39 is 11.7 Å². The number of ether oxygens (including phenoxy) is 1. The second-order valence-corrected chi connectivity index (χ2v) is 6.97. The first-order valence-electron chi connectivity index (χ1n) is 9.27. The van der Waals surface area contributed by atoms with Gasteiger partial charge in [0.2, 0.25) is 0 Å². The average Bonchev–Trinajstić information content (AvgIpc) is 2.68. The van der Waals surface area contributed by atoms with Crippen LogP contribution < -0.4 is 4.74 Å². The lowest BCUT2D eigenvalue weighted by atomic mass is 9.98. The zero-order chi connectivity index (χ0) is 21.0. The first-order chi connectivity index (χ1) is 13.7. The molecule has 0 aliphatic heterocycles. The Morgan fingerprint density at radius 1 is 0.862 bits per heavy atom. The molecule has 0 spiro atoms. The van der Waals surface area contributed by atoms with Gasteiger partial charge in [-0.2, -0.15) is 13.2 Å². The molecular formula is C24H21F3O2. The van der Waals surface area contributed by atoms with E-state index in [4.69, 9.17) is 4.74 Å². The first-order valence-corrected chi connectivity index (χ1v) is 9.27. The minimum Gasteiger partial charge on any atom is -0.426 e. The van der Waals surface area contributed by atoms with E-state index in [1.807, 2.05) is 43.3 Å². The highest BCUT2D eigenvalue weighted by Gasteiger charge is 2.29. The fourth-order valence-electron chi connectivity index (χ4n) is 3.18. The van der Waals surface area contributed by atoms with Gasteiger partial charge in [0.25, 0.3) is 0 Å². The van der Waals surface area contributed by atoms with Crippen LogP contribution in [-0.2, 0) is 23.8 Å². The Kier molecular flexibility index (Phi) is 6.06. The van der Waals surface area contributed by atoms with Crippen molar-refractivity contribution in [2.24, 2.45) is 0 Å². The fraction of sp³-hybridized carbons (Fsp3) is 0.208. The topological polar surface area (TPSA) is 26.3 Å². The van der Waals surface area contributed by atoms with Crippen molar-refractivity contribution in [1.82, 2.24) is 0 Å². The summed E-state index contributed by atoms with van der Waals surface area (Å²) in [6, 6.07) is 18.8. The average molecular weight is 398 g/mol. The van der Waals surface area contributed by atoms with E-state index in [1.54, 1.807) is 6.07 Å². The minimum absolute atomic E-state index is 0.346. The molecule has 0 aliphatic rings. The zero-order valence-electron chi connectivity index (χ0n) is 16.2. The molecule has 3 aromatic rings. The second-order valence-electron chi connectivity index (χ2n) is 6.97. The molecule has 29 heavy (non-hydrogen) atoms. The van der Waals surface area contributed by atoms with Crippen molar-refractivity contribution in [3.05, 3.63) is 89.0 Å². The largest absolute Gasteiger partial charge is 0.426 e. The fourth-order valence-corrected chi connectivity index (χ4v) is 3.18. The van der Waals surface area contributed by atoms with E-state index in [1.165, 1.54) is 19.1 Å². The third kappa shape index (κ3) is 5.47. The van der Waals surface area contributed by atoms with Gasteiger partial charge < -0.3 is 4.74 Å². The molecule has 0 heterocycles. The predicted octanol–water partition coefficient (Wildman–Crippen LogP) is 6.39. The molecule has 2 nitrogen and oxygen atoms in total. The van der Waals surface area contributed by atoms with Gasteiger partial charge in [-0.15, -0.1) is 0 Å². The van der Waals surface area contributed by atoms with Crippen LogP contribution in [0.1, 0.15) is 29.2 Å². The Morgan fingerprint density at radius 3 is 2.10 bits per heavy atom. The van der Waals surface area contributed by atoms with Gasteiger partial charge in [-0.25, -0.2) is 0 Å². The summed E-state index contributed by atoms with van der Waals surface area (Å²) in [6.45, 7) is 3.27. The van der Waals surface area contributed by atoms with Crippen molar-refractivity contribution >= 4 is 5.97 Å². The number of alkyl halides is 3. The number of carbonyl (C=O) groups is 1. The van der Waals surface area contributed by atoms with Crippen molar-refractivity contribution in [2.75, 3.05) is 0 Å². The van der Waals surface area contributed by atoms with Crippen LogP contribution in [0.25, 0.3) is 11.1 Å². The Balaban J connectivity index is 1.70. The molecule has 0 saturated heterocycles. The highest BCUT2D eigenvalue weighted by molar-refractivity contribution is 5.69. The summed E-state index contributed by atoms with van der Waals surface area (Å²) in [4.78, 5) is 11.1. The van der Waals surface area contributed by atoms with Crippen LogP contribution >= 0.6 is 0 Å². The number of rotatable bonds is 5. The smallest absolute Gasteiger partial charge is 0.416 e. The van der Waals surface area contributed by atoms with Crippen molar-refractivity contribution in [3.63, 3.8) is 0 Å². The lowest BCUT2D eigenvalue weighted by molar-refractivity contribution is -0.137. The molecule has 0 aliphatic carbocycles. The van der Waals surface area contributed by atoms with Crippen molar-refractivity contribution < 1.29 is 22.7 Å². The lowest BCUT2D eigenvalue weighted by Crippen LogP contribution is -2.04. The standard InChI is InChI=1S/C24H21F3O2/c1-16-14-19(8-13-23(16)29-17(2)28)7-6-18-4-3-5-21(15-18)20-9-11-22(12-10-20)24(25,26)27/h3-5,8-15H,6-7H2,1-2H3. The number of carbonyl (C=O) groups excluding carboxylic acids is 1. The summed E-state index contributed by atoms with van der Waals surface area (Å²) >= 11 is 0. The third-order valence-electron chi connectivity index (χ3n) is 4.67. The zero-order valence-corrected chi connectivity index (χ0v) is 16.2. The highest BCUT2D eigenvalue weighted by atomic mass is 19.4. The van der Waals surface area contributed by atoms with Crippen molar-refractivity contribution in [3.8, 4) is 16.9 Å². The third-order valence-corrected chi connectivity index (χ3v) is 4.67. The minimum atomic E-state index is -4.33. The molecule has 3 aromatic carbocycles. The number of hydrogen-bond donors (Lipinski definition) is 0. The van der Waals surface area contributed by atoms with Crippen molar-refractivity contribution in [1.29, 1.82) is 0 Å². The summed E-state index contributed by atoms with van der Waals surface area (Å²) in [5, 5.41) is 0. The summed E-state index contributed by atoms with van der Waals surface area (Å²) in [5.74, 6) is 0.214. The summed E-state index contributed by atoms with van der Waals surface area (Å²) in [7, 11) is 0. The van der Waals surface area contributed by atoms with E-state index in [-0.39, 0.29) is 5.97 Å². The van der Waals surface area contributed by atoms with Gasteiger partial charge in [0.05, 0.1) is 5.56 Å². The molecule has 0 radical (unpaired) electrons. The molecule has 0 unspecified atom stereocenters. The molecule has 0 bridgehead atoms. The molecule has 0 aromatic heterocycles. The quantitative estimate of drug-likeness (QED) is 0.368. The van der Waals surface area contributed by atoms with E-state index in [2.05, 4.69) is 0 Å². The molecule has 0 amide bonds. The highest BCUT2D eigenvalue weighted by Crippen LogP contribution is 2.31. The molecule has 0 fully saturated rings.